The van der Waals surface area contributed by atoms with Crippen molar-refractivity contribution in [3.8, 4) is 5.75 Å². The first-order valence-electron chi connectivity index (χ1n) is 10.3. The number of hydrogen-bond donors (Lipinski definition) is 2. The maximum absolute atomic E-state index is 13.5. The van der Waals surface area contributed by atoms with Crippen LogP contribution < -0.4 is 4.90 Å². The van der Waals surface area contributed by atoms with E-state index >= 15 is 0 Å². The van der Waals surface area contributed by atoms with Gasteiger partial charge in [-0.3, -0.25) is 4.79 Å². The van der Waals surface area contributed by atoms with Crippen LogP contribution >= 0.6 is 11.6 Å². The number of fused-ring (bicyclic) bond motifs is 4. The second kappa shape index (κ2) is 7.53. The van der Waals surface area contributed by atoms with Crippen LogP contribution in [0, 0.1) is 0 Å². The number of aromatic hydroxyl groups is 1. The number of phenolic OH excluding ortho intramolecular Hbond substituents is 1. The first kappa shape index (κ1) is 20.8. The van der Waals surface area contributed by atoms with Crippen molar-refractivity contribution in [2.75, 3.05) is 23.1 Å². The van der Waals surface area contributed by atoms with E-state index in [9.17, 15) is 18.3 Å². The van der Waals surface area contributed by atoms with E-state index in [0.29, 0.717) is 34.7 Å². The van der Waals surface area contributed by atoms with Gasteiger partial charge in [-0.1, -0.05) is 31.2 Å². The molecule has 1 amide bonds. The molecule has 2 N–H and O–H groups in total. The highest BCUT2D eigenvalue weighted by Crippen LogP contribution is 2.45. The molecule has 0 bridgehead atoms. The van der Waals surface area contributed by atoms with E-state index in [2.05, 4.69) is 4.98 Å². The quantitative estimate of drug-likeness (QED) is 0.421. The second-order valence-corrected chi connectivity index (χ2v) is 10.6. The van der Waals surface area contributed by atoms with Crippen LogP contribution in [0.4, 0.5) is 5.69 Å². The molecular formula is C24H21ClN2O4S. The summed E-state index contributed by atoms with van der Waals surface area (Å²) in [5, 5.41) is 12.8. The van der Waals surface area contributed by atoms with Crippen LogP contribution in [0.2, 0.25) is 0 Å². The molecule has 0 radical (unpaired) electrons. The summed E-state index contributed by atoms with van der Waals surface area (Å²) in [4.78, 5) is 18.4. The van der Waals surface area contributed by atoms with Gasteiger partial charge in [0.05, 0.1) is 16.3 Å². The van der Waals surface area contributed by atoms with Gasteiger partial charge in [-0.05, 0) is 35.2 Å². The number of hydrogen-bond acceptors (Lipinski definition) is 4. The lowest BCUT2D eigenvalue weighted by Gasteiger charge is -2.17. The van der Waals surface area contributed by atoms with Crippen LogP contribution in [-0.4, -0.2) is 42.6 Å². The Kier molecular flexibility index (Phi) is 4.91. The molecule has 0 saturated carbocycles. The van der Waals surface area contributed by atoms with Crippen molar-refractivity contribution in [2.24, 2.45) is 0 Å². The predicted molar refractivity (Wildman–Crippen MR) is 127 cm³/mol. The van der Waals surface area contributed by atoms with E-state index in [-0.39, 0.29) is 28.2 Å². The molecule has 0 saturated heterocycles. The van der Waals surface area contributed by atoms with E-state index in [1.54, 1.807) is 42.2 Å². The molecule has 4 aromatic rings. The van der Waals surface area contributed by atoms with Gasteiger partial charge in [0.15, 0.2) is 9.84 Å². The van der Waals surface area contributed by atoms with E-state index in [0.717, 1.165) is 16.3 Å². The van der Waals surface area contributed by atoms with Crippen LogP contribution in [-0.2, 0) is 9.84 Å². The Labute approximate surface area is 190 Å². The van der Waals surface area contributed by atoms with Crippen LogP contribution in [0.1, 0.15) is 28.9 Å². The highest BCUT2D eigenvalue weighted by atomic mass is 35.5. The molecule has 1 aliphatic heterocycles. The SMILES string of the molecule is CCS(=O)(=O)c1ccc2[nH]c(C(=O)N3C[C@@H](CCl)c4c3cc(O)c3ccccc43)cc2c1. The number of benzene rings is 3. The minimum Gasteiger partial charge on any atom is -0.507 e. The van der Waals surface area contributed by atoms with E-state index < -0.39 is 9.84 Å². The number of aromatic nitrogens is 1. The summed E-state index contributed by atoms with van der Waals surface area (Å²) in [5.41, 5.74) is 2.62. The Morgan fingerprint density at radius 1 is 1.16 bits per heavy atom. The minimum absolute atomic E-state index is 0.0105. The van der Waals surface area contributed by atoms with Crippen LogP contribution in [0.15, 0.2) is 59.5 Å². The molecule has 2 heterocycles. The third-order valence-corrected chi connectivity index (χ3v) is 8.24. The summed E-state index contributed by atoms with van der Waals surface area (Å²) in [7, 11) is -3.34. The second-order valence-electron chi connectivity index (χ2n) is 7.98. The number of rotatable bonds is 4. The largest absolute Gasteiger partial charge is 0.507 e. The summed E-state index contributed by atoms with van der Waals surface area (Å²) in [6.07, 6.45) is 0. The zero-order chi connectivity index (χ0) is 22.6. The van der Waals surface area contributed by atoms with E-state index in [4.69, 9.17) is 11.6 Å². The standard InChI is InChI=1S/C24H21ClN2O4S/c1-2-32(30,31)16-7-8-19-14(9-16)10-20(26-19)24(29)27-13-15(12-25)23-18-6-4-3-5-17(18)22(28)11-21(23)27/h3-11,15,26,28H,2,12-13H2,1H3/t15-/m1/s1. The lowest BCUT2D eigenvalue weighted by atomic mass is 9.95. The topological polar surface area (TPSA) is 90.5 Å². The molecule has 164 valence electrons. The Morgan fingerprint density at radius 2 is 1.91 bits per heavy atom. The number of amides is 1. The van der Waals surface area contributed by atoms with Gasteiger partial charge in [0.1, 0.15) is 11.4 Å². The average Bonchev–Trinajstić information content (AvgIpc) is 3.39. The highest BCUT2D eigenvalue weighted by Gasteiger charge is 2.35. The fourth-order valence-electron chi connectivity index (χ4n) is 4.48. The fraction of sp³-hybridized carbons (Fsp3) is 0.208. The number of halogens is 1. The molecule has 32 heavy (non-hydrogen) atoms. The summed E-state index contributed by atoms with van der Waals surface area (Å²) < 4.78 is 24.4. The summed E-state index contributed by atoms with van der Waals surface area (Å²) >= 11 is 6.26. The van der Waals surface area contributed by atoms with Gasteiger partial charge in [0.25, 0.3) is 5.91 Å². The van der Waals surface area contributed by atoms with Gasteiger partial charge < -0.3 is 15.0 Å². The van der Waals surface area contributed by atoms with E-state index in [1.807, 2.05) is 24.3 Å². The van der Waals surface area contributed by atoms with Crippen LogP contribution in [0.5, 0.6) is 5.75 Å². The van der Waals surface area contributed by atoms with Crippen molar-refractivity contribution in [3.05, 3.63) is 65.9 Å². The maximum atomic E-state index is 13.5. The van der Waals surface area contributed by atoms with Crippen molar-refractivity contribution in [1.29, 1.82) is 0 Å². The number of sulfone groups is 1. The Hall–Kier alpha value is -3.03. The highest BCUT2D eigenvalue weighted by molar-refractivity contribution is 7.91. The fourth-order valence-corrected chi connectivity index (χ4v) is 5.64. The van der Waals surface area contributed by atoms with Crippen LogP contribution in [0.25, 0.3) is 21.7 Å². The monoisotopic (exact) mass is 468 g/mol. The predicted octanol–water partition coefficient (Wildman–Crippen LogP) is 4.80. The molecule has 1 atom stereocenters. The number of carbonyl (C=O) groups excluding carboxylic acids is 1. The number of phenols is 1. The molecule has 1 aromatic heterocycles. The van der Waals surface area contributed by atoms with Crippen molar-refractivity contribution in [1.82, 2.24) is 4.98 Å². The van der Waals surface area contributed by atoms with Crippen molar-refractivity contribution < 1.29 is 18.3 Å². The molecule has 6 nitrogen and oxygen atoms in total. The number of alkyl halides is 1. The van der Waals surface area contributed by atoms with Gasteiger partial charge in [-0.15, -0.1) is 11.6 Å². The minimum atomic E-state index is -3.34. The molecule has 0 unspecified atom stereocenters. The number of anilines is 1. The first-order valence-corrected chi connectivity index (χ1v) is 12.5. The first-order chi connectivity index (χ1) is 15.3. The average molecular weight is 469 g/mol. The third-order valence-electron chi connectivity index (χ3n) is 6.14. The van der Waals surface area contributed by atoms with Gasteiger partial charge in [-0.2, -0.15) is 0 Å². The van der Waals surface area contributed by atoms with Crippen LogP contribution in [0.3, 0.4) is 0 Å². The van der Waals surface area contributed by atoms with Gasteiger partial charge in [0.2, 0.25) is 0 Å². The normalized spacial score (nSPS) is 16.1. The smallest absolute Gasteiger partial charge is 0.274 e. The van der Waals surface area contributed by atoms with Crippen molar-refractivity contribution in [3.63, 3.8) is 0 Å². The zero-order valence-corrected chi connectivity index (χ0v) is 18.9. The molecule has 0 fully saturated rings. The number of nitrogens with one attached hydrogen (secondary N) is 1. The van der Waals surface area contributed by atoms with Gasteiger partial charge in [0, 0.05) is 40.7 Å². The molecule has 1 aliphatic rings. The lowest BCUT2D eigenvalue weighted by Crippen LogP contribution is -2.30. The molecule has 8 heteroatoms. The number of nitrogens with zero attached hydrogens (tertiary/aromatic N) is 1. The summed E-state index contributed by atoms with van der Waals surface area (Å²) in [6.45, 7) is 2.00. The van der Waals surface area contributed by atoms with Gasteiger partial charge in [-0.25, -0.2) is 8.42 Å². The molecule has 3 aromatic carbocycles. The van der Waals surface area contributed by atoms with E-state index in [1.165, 1.54) is 0 Å². The number of H-pyrrole nitrogens is 1. The number of carbonyl (C=O) groups is 1. The molecule has 5 rings (SSSR count). The van der Waals surface area contributed by atoms with Crippen molar-refractivity contribution >= 4 is 54.7 Å². The van der Waals surface area contributed by atoms with Gasteiger partial charge >= 0.3 is 0 Å². The Morgan fingerprint density at radius 3 is 2.62 bits per heavy atom. The summed E-state index contributed by atoms with van der Waals surface area (Å²) in [5.74, 6) is 0.141. The van der Waals surface area contributed by atoms with Crippen molar-refractivity contribution in [2.45, 2.75) is 17.7 Å². The molecule has 0 spiro atoms. The molecular weight excluding hydrogens is 448 g/mol. The number of aromatic amines is 1. The maximum Gasteiger partial charge on any atom is 0.274 e. The lowest BCUT2D eigenvalue weighted by molar-refractivity contribution is 0.0984. The molecule has 0 aliphatic carbocycles. The zero-order valence-electron chi connectivity index (χ0n) is 17.3. The summed E-state index contributed by atoms with van der Waals surface area (Å²) in [6, 6.07) is 15.6. The third kappa shape index (κ3) is 3.15. The Balaban J connectivity index is 1.60. The Bertz CT molecular complexity index is 1490.